The molecule has 2 N–H and O–H groups in total. The van der Waals surface area contributed by atoms with Gasteiger partial charge in [-0.05, 0) is 31.2 Å². The molecule has 0 radical (unpaired) electrons. The third kappa shape index (κ3) is 7.34. The Kier molecular flexibility index (Phi) is 8.66. The van der Waals surface area contributed by atoms with E-state index in [1.807, 2.05) is 25.0 Å². The van der Waals surface area contributed by atoms with Gasteiger partial charge in [0.15, 0.2) is 5.96 Å². The molecule has 6 nitrogen and oxygen atoms in total. The van der Waals surface area contributed by atoms with Crippen LogP contribution in [0.25, 0.3) is 0 Å². The number of ether oxygens (including phenoxy) is 1. The van der Waals surface area contributed by atoms with Gasteiger partial charge in [-0.3, -0.25) is 9.67 Å². The van der Waals surface area contributed by atoms with Crippen molar-refractivity contribution < 1.29 is 4.74 Å². The fourth-order valence-electron chi connectivity index (χ4n) is 3.12. The fourth-order valence-corrected chi connectivity index (χ4v) is 3.12. The van der Waals surface area contributed by atoms with Crippen molar-refractivity contribution in [1.29, 1.82) is 0 Å². The molecule has 1 aliphatic rings. The third-order valence-corrected chi connectivity index (χ3v) is 4.47. The number of nitrogens with one attached hydrogen (secondary N) is 2. The summed E-state index contributed by atoms with van der Waals surface area (Å²) in [4.78, 5) is 4.26. The van der Waals surface area contributed by atoms with Crippen molar-refractivity contribution in [3.8, 4) is 0 Å². The molecule has 1 heterocycles. The molecule has 6 heteroatoms. The predicted molar refractivity (Wildman–Crippen MR) is 98.3 cm³/mol. The molecule has 1 aromatic rings. The summed E-state index contributed by atoms with van der Waals surface area (Å²) in [5.74, 6) is 0.852. The molecule has 1 saturated carbocycles. The van der Waals surface area contributed by atoms with E-state index in [1.165, 1.54) is 44.1 Å². The van der Waals surface area contributed by atoms with Gasteiger partial charge in [-0.15, -0.1) is 0 Å². The van der Waals surface area contributed by atoms with Gasteiger partial charge in [-0.25, -0.2) is 0 Å². The molecule has 0 unspecified atom stereocenters. The van der Waals surface area contributed by atoms with Gasteiger partial charge in [0.2, 0.25) is 0 Å². The molecule has 1 aliphatic carbocycles. The number of hydrogen-bond donors (Lipinski definition) is 2. The maximum absolute atomic E-state index is 5.99. The number of aromatic nitrogens is 2. The SMILES string of the molecule is CN=C(NCCCc1cnn(C)c1)NCCOC1CCCCCC1. The molecule has 136 valence electrons. The average molecular weight is 335 g/mol. The van der Waals surface area contributed by atoms with Crippen LogP contribution in [-0.4, -0.2) is 48.6 Å². The van der Waals surface area contributed by atoms with E-state index >= 15 is 0 Å². The van der Waals surface area contributed by atoms with E-state index in [2.05, 4.69) is 26.9 Å². The molecular formula is C18H33N5O. The molecule has 2 rings (SSSR count). The first-order valence-corrected chi connectivity index (χ1v) is 9.31. The first-order valence-electron chi connectivity index (χ1n) is 9.31. The van der Waals surface area contributed by atoms with Crippen LogP contribution >= 0.6 is 0 Å². The Bertz CT molecular complexity index is 478. The molecule has 0 spiro atoms. The van der Waals surface area contributed by atoms with Crippen LogP contribution in [0.15, 0.2) is 17.4 Å². The van der Waals surface area contributed by atoms with E-state index in [0.29, 0.717) is 6.10 Å². The number of guanidine groups is 1. The van der Waals surface area contributed by atoms with E-state index in [0.717, 1.165) is 38.5 Å². The van der Waals surface area contributed by atoms with Crippen molar-refractivity contribution in [3.63, 3.8) is 0 Å². The number of rotatable bonds is 8. The zero-order valence-corrected chi connectivity index (χ0v) is 15.3. The van der Waals surface area contributed by atoms with Crippen LogP contribution in [0, 0.1) is 0 Å². The van der Waals surface area contributed by atoms with E-state index < -0.39 is 0 Å². The molecule has 1 fully saturated rings. The maximum atomic E-state index is 5.99. The summed E-state index contributed by atoms with van der Waals surface area (Å²) in [6.07, 6.45) is 14.4. The minimum Gasteiger partial charge on any atom is -0.376 e. The van der Waals surface area contributed by atoms with Crippen molar-refractivity contribution in [1.82, 2.24) is 20.4 Å². The summed E-state index contributed by atoms with van der Waals surface area (Å²) in [7, 11) is 3.76. The molecule has 0 atom stereocenters. The Morgan fingerprint density at radius 2 is 2.00 bits per heavy atom. The van der Waals surface area contributed by atoms with Crippen molar-refractivity contribution in [2.24, 2.45) is 12.0 Å². The lowest BCUT2D eigenvalue weighted by molar-refractivity contribution is 0.0468. The number of hydrogen-bond acceptors (Lipinski definition) is 3. The zero-order chi connectivity index (χ0) is 17.0. The lowest BCUT2D eigenvalue weighted by Crippen LogP contribution is -2.39. The average Bonchev–Trinajstić information content (AvgIpc) is 2.84. The van der Waals surface area contributed by atoms with Crippen LogP contribution in [-0.2, 0) is 18.2 Å². The van der Waals surface area contributed by atoms with Crippen LogP contribution in [0.5, 0.6) is 0 Å². The molecule has 0 amide bonds. The Morgan fingerprint density at radius 3 is 2.67 bits per heavy atom. The van der Waals surface area contributed by atoms with E-state index in [9.17, 15) is 0 Å². The summed E-state index contributed by atoms with van der Waals surface area (Å²) in [6.45, 7) is 2.46. The highest BCUT2D eigenvalue weighted by Crippen LogP contribution is 2.19. The second kappa shape index (κ2) is 11.1. The molecule has 0 bridgehead atoms. The van der Waals surface area contributed by atoms with Crippen LogP contribution in [0.4, 0.5) is 0 Å². The van der Waals surface area contributed by atoms with E-state index in [1.54, 1.807) is 0 Å². The monoisotopic (exact) mass is 335 g/mol. The van der Waals surface area contributed by atoms with Gasteiger partial charge in [-0.1, -0.05) is 25.7 Å². The van der Waals surface area contributed by atoms with Gasteiger partial charge >= 0.3 is 0 Å². The van der Waals surface area contributed by atoms with Gasteiger partial charge in [0, 0.05) is 33.4 Å². The van der Waals surface area contributed by atoms with Gasteiger partial charge in [0.1, 0.15) is 0 Å². The Hall–Kier alpha value is -1.56. The molecule has 0 aromatic carbocycles. The highest BCUT2D eigenvalue weighted by molar-refractivity contribution is 5.79. The largest absolute Gasteiger partial charge is 0.376 e. The fraction of sp³-hybridized carbons (Fsp3) is 0.778. The molecule has 1 aromatic heterocycles. The van der Waals surface area contributed by atoms with Gasteiger partial charge in [0.05, 0.1) is 18.9 Å². The van der Waals surface area contributed by atoms with Gasteiger partial charge in [0.25, 0.3) is 0 Å². The normalized spacial score (nSPS) is 16.8. The first-order chi connectivity index (χ1) is 11.8. The Morgan fingerprint density at radius 1 is 1.25 bits per heavy atom. The quantitative estimate of drug-likeness (QED) is 0.331. The summed E-state index contributed by atoms with van der Waals surface area (Å²) < 4.78 is 7.83. The van der Waals surface area contributed by atoms with Crippen molar-refractivity contribution in [2.75, 3.05) is 26.7 Å². The van der Waals surface area contributed by atoms with Crippen LogP contribution in [0.2, 0.25) is 0 Å². The lowest BCUT2D eigenvalue weighted by Gasteiger charge is -2.16. The summed E-state index contributed by atoms with van der Waals surface area (Å²) in [5.41, 5.74) is 1.28. The number of nitrogens with zero attached hydrogens (tertiary/aromatic N) is 3. The predicted octanol–water partition coefficient (Wildman–Crippen LogP) is 2.26. The van der Waals surface area contributed by atoms with Crippen LogP contribution in [0.1, 0.15) is 50.5 Å². The summed E-state index contributed by atoms with van der Waals surface area (Å²) in [5, 5.41) is 10.9. The smallest absolute Gasteiger partial charge is 0.191 e. The Labute approximate surface area is 146 Å². The standard InChI is InChI=1S/C18H33N5O/c1-19-18(20-11-7-8-16-14-22-23(2)15-16)21-12-13-24-17-9-5-3-4-6-10-17/h14-15,17H,3-13H2,1-2H3,(H2,19,20,21). The topological polar surface area (TPSA) is 63.5 Å². The minimum absolute atomic E-state index is 0.462. The highest BCUT2D eigenvalue weighted by atomic mass is 16.5. The maximum Gasteiger partial charge on any atom is 0.191 e. The van der Waals surface area contributed by atoms with Gasteiger partial charge in [-0.2, -0.15) is 5.10 Å². The highest BCUT2D eigenvalue weighted by Gasteiger charge is 2.12. The summed E-state index contributed by atoms with van der Waals surface area (Å²) >= 11 is 0. The lowest BCUT2D eigenvalue weighted by atomic mass is 10.1. The second-order valence-corrected chi connectivity index (χ2v) is 6.54. The van der Waals surface area contributed by atoms with Crippen LogP contribution < -0.4 is 10.6 Å². The van der Waals surface area contributed by atoms with Crippen molar-refractivity contribution in [2.45, 2.75) is 57.5 Å². The molecule has 0 saturated heterocycles. The van der Waals surface area contributed by atoms with E-state index in [-0.39, 0.29) is 0 Å². The minimum atomic E-state index is 0.462. The first kappa shape index (κ1) is 18.8. The van der Waals surface area contributed by atoms with E-state index in [4.69, 9.17) is 4.74 Å². The van der Waals surface area contributed by atoms with Crippen molar-refractivity contribution in [3.05, 3.63) is 18.0 Å². The van der Waals surface area contributed by atoms with Crippen molar-refractivity contribution >= 4 is 5.96 Å². The molecular weight excluding hydrogens is 302 g/mol. The zero-order valence-electron chi connectivity index (χ0n) is 15.3. The van der Waals surface area contributed by atoms with Crippen LogP contribution in [0.3, 0.4) is 0 Å². The Balaban J connectivity index is 1.52. The number of aliphatic imine (C=N–C) groups is 1. The second-order valence-electron chi connectivity index (χ2n) is 6.54. The third-order valence-electron chi connectivity index (χ3n) is 4.47. The van der Waals surface area contributed by atoms with Gasteiger partial charge < -0.3 is 15.4 Å². The summed E-state index contributed by atoms with van der Waals surface area (Å²) in [6, 6.07) is 0. The number of aryl methyl sites for hydroxylation is 2. The molecule has 24 heavy (non-hydrogen) atoms. The molecule has 0 aliphatic heterocycles.